The van der Waals surface area contributed by atoms with Crippen LogP contribution in [0.4, 0.5) is 0 Å². The molecule has 6 heteroatoms. The second-order valence-electron chi connectivity index (χ2n) is 2.73. The molecule has 1 aliphatic rings. The normalized spacial score (nSPS) is 12.9. The van der Waals surface area contributed by atoms with Crippen LogP contribution in [-0.2, 0) is 13.8 Å². The maximum absolute atomic E-state index is 9.70. The molecule has 0 unspecified atom stereocenters. The molecular weight excluding hydrogens is 207 g/mol. The minimum atomic E-state index is -4.17. The molecular formula is C8H19O5P. The SMILES string of the molecule is C1CO1.C=C(C)C.CCOP(=O)(O)O. The number of phosphoric ester groups is 1. The topological polar surface area (TPSA) is 79.3 Å². The van der Waals surface area contributed by atoms with E-state index in [-0.39, 0.29) is 6.61 Å². The van der Waals surface area contributed by atoms with Gasteiger partial charge in [-0.15, -0.1) is 6.58 Å². The molecule has 0 aromatic heterocycles. The van der Waals surface area contributed by atoms with Gasteiger partial charge in [-0.3, -0.25) is 4.52 Å². The Labute approximate surface area is 85.0 Å². The van der Waals surface area contributed by atoms with E-state index in [0.717, 1.165) is 13.2 Å². The van der Waals surface area contributed by atoms with Crippen molar-refractivity contribution >= 4 is 7.82 Å². The lowest BCUT2D eigenvalue weighted by atomic mass is 10.4. The van der Waals surface area contributed by atoms with E-state index < -0.39 is 7.82 Å². The van der Waals surface area contributed by atoms with Crippen LogP contribution in [0.15, 0.2) is 12.2 Å². The van der Waals surface area contributed by atoms with Crippen molar-refractivity contribution in [3.8, 4) is 0 Å². The Bertz CT molecular complexity index is 177. The average molecular weight is 226 g/mol. The quantitative estimate of drug-likeness (QED) is 0.425. The lowest BCUT2D eigenvalue weighted by Gasteiger charge is -1.98. The minimum absolute atomic E-state index is 0.0459. The van der Waals surface area contributed by atoms with Gasteiger partial charge >= 0.3 is 7.82 Å². The molecule has 5 nitrogen and oxygen atoms in total. The van der Waals surface area contributed by atoms with Crippen molar-refractivity contribution in [3.63, 3.8) is 0 Å². The Morgan fingerprint density at radius 1 is 1.50 bits per heavy atom. The summed E-state index contributed by atoms with van der Waals surface area (Å²) in [5.74, 6) is 0. The van der Waals surface area contributed by atoms with Crippen molar-refractivity contribution in [1.82, 2.24) is 0 Å². The molecule has 0 aliphatic carbocycles. The van der Waals surface area contributed by atoms with Crippen molar-refractivity contribution in [2.24, 2.45) is 0 Å². The summed E-state index contributed by atoms with van der Waals surface area (Å²) in [5, 5.41) is 0. The Hall–Kier alpha value is -0.190. The molecule has 2 N–H and O–H groups in total. The standard InChI is InChI=1S/C4H8.C2H7O4P.C2H4O/c1-4(2)3;1-2-6-7(3,4)5;1-2-3-1/h1H2,2-3H3;2H2,1H3,(H2,3,4,5);1-2H2. The highest BCUT2D eigenvalue weighted by atomic mass is 31.2. The third-order valence-corrected chi connectivity index (χ3v) is 1.10. The summed E-state index contributed by atoms with van der Waals surface area (Å²) < 4.78 is 18.1. The van der Waals surface area contributed by atoms with Gasteiger partial charge in [0.1, 0.15) is 0 Å². The van der Waals surface area contributed by atoms with Crippen LogP contribution in [0.25, 0.3) is 0 Å². The van der Waals surface area contributed by atoms with E-state index in [1.807, 2.05) is 13.8 Å². The smallest absolute Gasteiger partial charge is 0.377 e. The van der Waals surface area contributed by atoms with Crippen molar-refractivity contribution in [2.45, 2.75) is 20.8 Å². The summed E-state index contributed by atoms with van der Waals surface area (Å²) >= 11 is 0. The van der Waals surface area contributed by atoms with Crippen LogP contribution in [0.5, 0.6) is 0 Å². The van der Waals surface area contributed by atoms with Gasteiger partial charge in [-0.2, -0.15) is 0 Å². The summed E-state index contributed by atoms with van der Waals surface area (Å²) in [5.41, 5.74) is 1.17. The van der Waals surface area contributed by atoms with Crippen LogP contribution < -0.4 is 0 Å². The molecule has 1 fully saturated rings. The van der Waals surface area contributed by atoms with Crippen LogP contribution in [0.3, 0.4) is 0 Å². The van der Waals surface area contributed by atoms with Crippen molar-refractivity contribution in [1.29, 1.82) is 0 Å². The monoisotopic (exact) mass is 226 g/mol. The zero-order valence-corrected chi connectivity index (χ0v) is 9.79. The summed E-state index contributed by atoms with van der Waals surface area (Å²) in [4.78, 5) is 15.8. The number of ether oxygens (including phenoxy) is 1. The van der Waals surface area contributed by atoms with Gasteiger partial charge in [-0.05, 0) is 20.8 Å². The molecule has 1 saturated heterocycles. The molecule has 0 bridgehead atoms. The van der Waals surface area contributed by atoms with E-state index >= 15 is 0 Å². The van der Waals surface area contributed by atoms with Crippen LogP contribution in [0.2, 0.25) is 0 Å². The highest BCUT2D eigenvalue weighted by Crippen LogP contribution is 2.34. The lowest BCUT2D eigenvalue weighted by Crippen LogP contribution is -1.84. The van der Waals surface area contributed by atoms with Crippen LogP contribution >= 0.6 is 7.82 Å². The van der Waals surface area contributed by atoms with Crippen LogP contribution in [0.1, 0.15) is 20.8 Å². The third-order valence-electron chi connectivity index (χ3n) is 0.501. The molecule has 0 aromatic rings. The highest BCUT2D eigenvalue weighted by molar-refractivity contribution is 7.46. The second-order valence-corrected chi connectivity index (χ2v) is 3.97. The fourth-order valence-electron chi connectivity index (χ4n) is 0.168. The maximum atomic E-state index is 9.70. The predicted molar refractivity (Wildman–Crippen MR) is 55.0 cm³/mol. The Morgan fingerprint density at radius 3 is 1.79 bits per heavy atom. The lowest BCUT2D eigenvalue weighted by molar-refractivity contribution is 0.206. The zero-order valence-electron chi connectivity index (χ0n) is 8.89. The summed E-state index contributed by atoms with van der Waals surface area (Å²) in [6.45, 7) is 11.1. The number of phosphoric acid groups is 1. The molecule has 1 rings (SSSR count). The van der Waals surface area contributed by atoms with E-state index in [0.29, 0.717) is 0 Å². The van der Waals surface area contributed by atoms with Crippen molar-refractivity contribution in [2.75, 3.05) is 19.8 Å². The van der Waals surface area contributed by atoms with Gasteiger partial charge in [-0.25, -0.2) is 4.57 Å². The number of hydrogen-bond acceptors (Lipinski definition) is 3. The van der Waals surface area contributed by atoms with Gasteiger partial charge in [0.2, 0.25) is 0 Å². The van der Waals surface area contributed by atoms with Gasteiger partial charge in [0.25, 0.3) is 0 Å². The molecule has 1 heterocycles. The molecule has 0 spiro atoms. The van der Waals surface area contributed by atoms with Crippen molar-refractivity contribution in [3.05, 3.63) is 12.2 Å². The first-order chi connectivity index (χ1) is 6.29. The summed E-state index contributed by atoms with van der Waals surface area (Å²) in [7, 11) is -4.17. The van der Waals surface area contributed by atoms with Gasteiger partial charge in [0.15, 0.2) is 0 Å². The second kappa shape index (κ2) is 9.37. The van der Waals surface area contributed by atoms with Crippen LogP contribution in [0, 0.1) is 0 Å². The first kappa shape index (κ1) is 16.2. The van der Waals surface area contributed by atoms with Gasteiger partial charge in [0, 0.05) is 0 Å². The summed E-state index contributed by atoms with van der Waals surface area (Å²) in [6.07, 6.45) is 0. The maximum Gasteiger partial charge on any atom is 0.469 e. The van der Waals surface area contributed by atoms with Crippen LogP contribution in [-0.4, -0.2) is 29.6 Å². The first-order valence-electron chi connectivity index (χ1n) is 4.19. The summed E-state index contributed by atoms with van der Waals surface area (Å²) in [6, 6.07) is 0. The van der Waals surface area contributed by atoms with Crippen molar-refractivity contribution < 1.29 is 23.6 Å². The number of rotatable bonds is 2. The van der Waals surface area contributed by atoms with Gasteiger partial charge in [-0.1, -0.05) is 5.57 Å². The molecule has 0 saturated carbocycles. The molecule has 0 radical (unpaired) electrons. The third kappa shape index (κ3) is 59.7. The Morgan fingerprint density at radius 2 is 1.79 bits per heavy atom. The molecule has 0 aromatic carbocycles. The predicted octanol–water partition coefficient (Wildman–Crippen LogP) is 1.71. The zero-order chi connectivity index (χ0) is 11.6. The Balaban J connectivity index is 0. The molecule has 1 aliphatic heterocycles. The number of allylic oxidation sites excluding steroid dienone is 1. The molecule has 86 valence electrons. The Kier molecular flexibility index (Phi) is 10.9. The number of epoxide rings is 1. The van der Waals surface area contributed by atoms with Gasteiger partial charge < -0.3 is 14.5 Å². The van der Waals surface area contributed by atoms with E-state index in [1.165, 1.54) is 12.5 Å². The average Bonchev–Trinajstić information content (AvgIpc) is 2.64. The largest absolute Gasteiger partial charge is 0.469 e. The highest BCUT2D eigenvalue weighted by Gasteiger charge is 2.10. The minimum Gasteiger partial charge on any atom is -0.377 e. The fourth-order valence-corrected chi connectivity index (χ4v) is 0.505. The van der Waals surface area contributed by atoms with E-state index in [4.69, 9.17) is 9.79 Å². The number of hydrogen-bond donors (Lipinski definition) is 2. The van der Waals surface area contributed by atoms with Gasteiger partial charge in [0.05, 0.1) is 19.8 Å². The first-order valence-corrected chi connectivity index (χ1v) is 5.72. The van der Waals surface area contributed by atoms with E-state index in [2.05, 4.69) is 15.8 Å². The fraction of sp³-hybridized carbons (Fsp3) is 0.750. The molecule has 0 amide bonds. The van der Waals surface area contributed by atoms with E-state index in [9.17, 15) is 4.57 Å². The molecule has 0 atom stereocenters. The van der Waals surface area contributed by atoms with E-state index in [1.54, 1.807) is 0 Å². The molecule has 14 heavy (non-hydrogen) atoms.